The van der Waals surface area contributed by atoms with Gasteiger partial charge in [0.15, 0.2) is 0 Å². The first-order valence-electron chi connectivity index (χ1n) is 6.69. The number of morpholine rings is 1. The second-order valence-electron chi connectivity index (χ2n) is 5.11. The monoisotopic (exact) mass is 294 g/mol. The third-order valence-electron chi connectivity index (χ3n) is 3.35. The molecule has 0 radical (unpaired) electrons. The number of rotatable bonds is 3. The molecule has 0 amide bonds. The molecule has 1 fully saturated rings. The van der Waals surface area contributed by atoms with E-state index >= 15 is 0 Å². The van der Waals surface area contributed by atoms with Gasteiger partial charge in [0.25, 0.3) is 5.69 Å². The molecule has 1 aromatic rings. The van der Waals surface area contributed by atoms with E-state index in [9.17, 15) is 14.9 Å². The molecular formula is C14H18N2O5. The van der Waals surface area contributed by atoms with Crippen molar-refractivity contribution in [2.75, 3.05) is 25.1 Å². The lowest BCUT2D eigenvalue weighted by atomic mass is 10.1. The molecule has 1 aliphatic rings. The van der Waals surface area contributed by atoms with Gasteiger partial charge in [-0.05, 0) is 26.0 Å². The molecule has 0 bridgehead atoms. The molecule has 0 saturated carbocycles. The van der Waals surface area contributed by atoms with Gasteiger partial charge in [0.2, 0.25) is 0 Å². The van der Waals surface area contributed by atoms with Gasteiger partial charge >= 0.3 is 5.97 Å². The smallest absolute Gasteiger partial charge is 0.338 e. The minimum atomic E-state index is -0.589. The van der Waals surface area contributed by atoms with Crippen molar-refractivity contribution < 1.29 is 19.2 Å². The normalized spacial score (nSPS) is 22.0. The van der Waals surface area contributed by atoms with Crippen LogP contribution in [0.2, 0.25) is 0 Å². The summed E-state index contributed by atoms with van der Waals surface area (Å²) in [7, 11) is 1.24. The van der Waals surface area contributed by atoms with Crippen LogP contribution in [-0.4, -0.2) is 43.3 Å². The fourth-order valence-electron chi connectivity index (χ4n) is 2.56. The molecular weight excluding hydrogens is 276 g/mol. The maximum atomic E-state index is 11.5. The zero-order valence-corrected chi connectivity index (χ0v) is 12.2. The summed E-state index contributed by atoms with van der Waals surface area (Å²) in [6.07, 6.45) is -0.0118. The first-order chi connectivity index (χ1) is 9.92. The number of nitro benzene ring substituents is 1. The van der Waals surface area contributed by atoms with Gasteiger partial charge in [-0.15, -0.1) is 0 Å². The van der Waals surface area contributed by atoms with Crippen molar-refractivity contribution in [3.8, 4) is 0 Å². The third kappa shape index (κ3) is 3.30. The highest BCUT2D eigenvalue weighted by atomic mass is 16.6. The molecule has 7 heteroatoms. The second-order valence-corrected chi connectivity index (χ2v) is 5.11. The van der Waals surface area contributed by atoms with E-state index in [2.05, 4.69) is 4.74 Å². The third-order valence-corrected chi connectivity index (χ3v) is 3.35. The Kier molecular flexibility index (Phi) is 4.42. The van der Waals surface area contributed by atoms with Crippen LogP contribution in [0, 0.1) is 10.1 Å². The molecule has 114 valence electrons. The summed E-state index contributed by atoms with van der Waals surface area (Å²) in [5.74, 6) is -0.589. The van der Waals surface area contributed by atoms with Gasteiger partial charge in [-0.25, -0.2) is 4.79 Å². The highest BCUT2D eigenvalue weighted by molar-refractivity contribution is 5.91. The van der Waals surface area contributed by atoms with Crippen LogP contribution < -0.4 is 4.90 Å². The Hall–Kier alpha value is -2.15. The lowest BCUT2D eigenvalue weighted by Crippen LogP contribution is -2.45. The van der Waals surface area contributed by atoms with Crippen molar-refractivity contribution in [2.45, 2.75) is 26.1 Å². The average molecular weight is 294 g/mol. The van der Waals surface area contributed by atoms with Crippen molar-refractivity contribution in [1.29, 1.82) is 0 Å². The van der Waals surface area contributed by atoms with Gasteiger partial charge < -0.3 is 14.4 Å². The lowest BCUT2D eigenvalue weighted by molar-refractivity contribution is -0.384. The molecule has 0 N–H and O–H groups in total. The number of carbonyl (C=O) groups is 1. The predicted molar refractivity (Wildman–Crippen MR) is 76.7 cm³/mol. The number of ether oxygens (including phenoxy) is 2. The maximum absolute atomic E-state index is 11.5. The van der Waals surface area contributed by atoms with E-state index in [1.165, 1.54) is 13.2 Å². The Labute approximate surface area is 122 Å². The second kappa shape index (κ2) is 6.09. The van der Waals surface area contributed by atoms with Gasteiger partial charge in [0.05, 0.1) is 29.8 Å². The number of anilines is 1. The predicted octanol–water partition coefficient (Wildman–Crippen LogP) is 1.99. The number of hydrogen-bond acceptors (Lipinski definition) is 6. The number of nitrogens with zero attached hydrogens (tertiary/aromatic N) is 2. The summed E-state index contributed by atoms with van der Waals surface area (Å²) in [5.41, 5.74) is 0.566. The first-order valence-corrected chi connectivity index (χ1v) is 6.69. The fraction of sp³-hybridized carbons (Fsp3) is 0.500. The van der Waals surface area contributed by atoms with Crippen molar-refractivity contribution in [2.24, 2.45) is 0 Å². The van der Waals surface area contributed by atoms with E-state index in [1.807, 2.05) is 18.7 Å². The van der Waals surface area contributed by atoms with Gasteiger partial charge in [-0.2, -0.15) is 0 Å². The molecule has 21 heavy (non-hydrogen) atoms. The molecule has 2 rings (SSSR count). The summed E-state index contributed by atoms with van der Waals surface area (Å²) in [5, 5.41) is 11.3. The van der Waals surface area contributed by atoms with Crippen LogP contribution in [0.5, 0.6) is 0 Å². The molecule has 0 aliphatic carbocycles. The van der Waals surface area contributed by atoms with Crippen molar-refractivity contribution in [3.05, 3.63) is 33.9 Å². The maximum Gasteiger partial charge on any atom is 0.338 e. The van der Waals surface area contributed by atoms with Crippen LogP contribution in [-0.2, 0) is 9.47 Å². The summed E-state index contributed by atoms with van der Waals surface area (Å²) in [6, 6.07) is 4.39. The number of nitro groups is 1. The zero-order chi connectivity index (χ0) is 15.6. The quantitative estimate of drug-likeness (QED) is 0.482. The Balaban J connectivity index is 2.38. The van der Waals surface area contributed by atoms with Crippen LogP contribution in [0.15, 0.2) is 18.2 Å². The molecule has 7 nitrogen and oxygen atoms in total. The largest absolute Gasteiger partial charge is 0.465 e. The lowest BCUT2D eigenvalue weighted by Gasteiger charge is -2.36. The number of hydrogen-bond donors (Lipinski definition) is 0. The molecule has 0 aromatic heterocycles. The topological polar surface area (TPSA) is 81.9 Å². The van der Waals surface area contributed by atoms with Crippen molar-refractivity contribution in [3.63, 3.8) is 0 Å². The SMILES string of the molecule is COC(=O)c1ccc(N2C[C@H](C)O[C@@H](C)C2)c([N+](=O)[O-])c1. The fourth-order valence-corrected chi connectivity index (χ4v) is 2.56. The molecule has 1 aliphatic heterocycles. The average Bonchev–Trinajstić information content (AvgIpc) is 2.44. The van der Waals surface area contributed by atoms with E-state index in [0.29, 0.717) is 18.8 Å². The highest BCUT2D eigenvalue weighted by Gasteiger charge is 2.28. The number of esters is 1. The van der Waals surface area contributed by atoms with Crippen LogP contribution in [0.25, 0.3) is 0 Å². The minimum Gasteiger partial charge on any atom is -0.465 e. The van der Waals surface area contributed by atoms with Gasteiger partial charge in [-0.1, -0.05) is 0 Å². The molecule has 0 unspecified atom stereocenters. The Bertz CT molecular complexity index is 550. The van der Waals surface area contributed by atoms with Gasteiger partial charge in [0, 0.05) is 19.2 Å². The van der Waals surface area contributed by atoms with E-state index < -0.39 is 10.9 Å². The molecule has 1 saturated heterocycles. The molecule has 0 spiro atoms. The van der Waals surface area contributed by atoms with Gasteiger partial charge in [-0.3, -0.25) is 10.1 Å². The van der Waals surface area contributed by atoms with E-state index in [4.69, 9.17) is 4.74 Å². The van der Waals surface area contributed by atoms with Crippen LogP contribution in [0.3, 0.4) is 0 Å². The first kappa shape index (κ1) is 15.2. The molecule has 1 heterocycles. The van der Waals surface area contributed by atoms with Crippen LogP contribution >= 0.6 is 0 Å². The van der Waals surface area contributed by atoms with Crippen LogP contribution in [0.1, 0.15) is 24.2 Å². The van der Waals surface area contributed by atoms with E-state index in [-0.39, 0.29) is 23.5 Å². The van der Waals surface area contributed by atoms with Gasteiger partial charge in [0.1, 0.15) is 5.69 Å². The summed E-state index contributed by atoms with van der Waals surface area (Å²) < 4.78 is 10.2. The Morgan fingerprint density at radius 1 is 1.38 bits per heavy atom. The number of methoxy groups -OCH3 is 1. The number of carbonyl (C=O) groups excluding carboxylic acids is 1. The molecule has 2 atom stereocenters. The van der Waals surface area contributed by atoms with Crippen molar-refractivity contribution in [1.82, 2.24) is 0 Å². The minimum absolute atomic E-state index is 0.00589. The van der Waals surface area contributed by atoms with Crippen molar-refractivity contribution >= 4 is 17.3 Å². The van der Waals surface area contributed by atoms with E-state index in [0.717, 1.165) is 0 Å². The summed E-state index contributed by atoms with van der Waals surface area (Å²) in [4.78, 5) is 24.2. The van der Waals surface area contributed by atoms with E-state index in [1.54, 1.807) is 12.1 Å². The Morgan fingerprint density at radius 3 is 2.52 bits per heavy atom. The standard InChI is InChI=1S/C14H18N2O5/c1-9-7-15(8-10(2)21-9)12-5-4-11(14(17)20-3)6-13(12)16(18)19/h4-6,9-10H,7-8H2,1-3H3/t9-,10-/m0/s1. The number of benzene rings is 1. The highest BCUT2D eigenvalue weighted by Crippen LogP contribution is 2.31. The Morgan fingerprint density at radius 2 is 2.00 bits per heavy atom. The summed E-state index contributed by atoms with van der Waals surface area (Å²) in [6.45, 7) is 5.00. The van der Waals surface area contributed by atoms with Crippen LogP contribution in [0.4, 0.5) is 11.4 Å². The molecule has 1 aromatic carbocycles. The zero-order valence-electron chi connectivity index (χ0n) is 12.2. The summed E-state index contributed by atoms with van der Waals surface area (Å²) >= 11 is 0.